The largest absolute Gasteiger partial charge is 0.494 e. The number of nitrogens with zero attached hydrogens (tertiary/aromatic N) is 2. The van der Waals surface area contributed by atoms with Crippen molar-refractivity contribution < 1.29 is 14.2 Å². The molecule has 2 aromatic carbocycles. The summed E-state index contributed by atoms with van der Waals surface area (Å²) in [4.78, 5) is 11.9. The fraction of sp³-hybridized carbons (Fsp3) is 0.278. The smallest absolute Gasteiger partial charge is 0.277 e. The molecule has 0 fully saturated rings. The quantitative estimate of drug-likeness (QED) is 0.504. The van der Waals surface area contributed by atoms with Crippen molar-refractivity contribution in [3.8, 4) is 5.75 Å². The first-order valence-electron chi connectivity index (χ1n) is 8.41. The van der Waals surface area contributed by atoms with Crippen molar-refractivity contribution in [2.75, 3.05) is 25.4 Å². The highest BCUT2D eigenvalue weighted by molar-refractivity contribution is 5.95. The van der Waals surface area contributed by atoms with E-state index in [1.54, 1.807) is 0 Å². The van der Waals surface area contributed by atoms with E-state index in [9.17, 15) is 4.79 Å². The molecule has 0 aliphatic carbocycles. The van der Waals surface area contributed by atoms with Crippen molar-refractivity contribution in [2.24, 2.45) is 0 Å². The highest BCUT2D eigenvalue weighted by Crippen LogP contribution is 2.28. The van der Waals surface area contributed by atoms with Crippen molar-refractivity contribution in [3.63, 3.8) is 0 Å². The van der Waals surface area contributed by atoms with Crippen LogP contribution in [0.15, 0.2) is 41.0 Å². The fourth-order valence-electron chi connectivity index (χ4n) is 2.70. The van der Waals surface area contributed by atoms with Crippen LogP contribution in [-0.2, 0) is 6.54 Å². The van der Waals surface area contributed by atoms with Crippen LogP contribution in [-0.4, -0.2) is 35.9 Å². The Morgan fingerprint density at radius 1 is 1.19 bits per heavy atom. The maximum Gasteiger partial charge on any atom is 0.277 e. The standard InChI is InChI=1S/C18H21N5O3.ClH/c1-2-25-15-8-7-12-5-3-4-6-13(12)14(15)11-20-9-10-21-18(24)16-17(19)23-26-22-16;/h3-8,20H,2,9-11H2,1H3,(H2,19,23)(H,21,24);1H. The minimum absolute atomic E-state index is 0. The zero-order valence-corrected chi connectivity index (χ0v) is 15.7. The maximum absolute atomic E-state index is 11.9. The van der Waals surface area contributed by atoms with E-state index in [1.807, 2.05) is 25.1 Å². The molecule has 0 unspecified atom stereocenters. The molecule has 144 valence electrons. The van der Waals surface area contributed by atoms with Crippen molar-refractivity contribution in [3.05, 3.63) is 47.7 Å². The Morgan fingerprint density at radius 3 is 2.74 bits per heavy atom. The van der Waals surface area contributed by atoms with Gasteiger partial charge in [-0.15, -0.1) is 12.4 Å². The molecule has 1 aromatic heterocycles. The van der Waals surface area contributed by atoms with Gasteiger partial charge in [0.25, 0.3) is 5.91 Å². The van der Waals surface area contributed by atoms with Crippen molar-refractivity contribution in [2.45, 2.75) is 13.5 Å². The minimum atomic E-state index is -0.411. The van der Waals surface area contributed by atoms with Crippen molar-refractivity contribution in [1.29, 1.82) is 0 Å². The fourth-order valence-corrected chi connectivity index (χ4v) is 2.70. The van der Waals surface area contributed by atoms with Gasteiger partial charge < -0.3 is 21.1 Å². The number of nitrogens with two attached hydrogens (primary N) is 1. The summed E-state index contributed by atoms with van der Waals surface area (Å²) < 4.78 is 10.2. The van der Waals surface area contributed by atoms with Crippen molar-refractivity contribution >= 4 is 34.9 Å². The van der Waals surface area contributed by atoms with Crippen LogP contribution in [0.2, 0.25) is 0 Å². The summed E-state index contributed by atoms with van der Waals surface area (Å²) in [6.45, 7) is 4.19. The Labute approximate surface area is 162 Å². The Morgan fingerprint density at radius 2 is 2.00 bits per heavy atom. The number of ether oxygens (including phenoxy) is 1. The van der Waals surface area contributed by atoms with Crippen LogP contribution in [0, 0.1) is 0 Å². The monoisotopic (exact) mass is 391 g/mol. The van der Waals surface area contributed by atoms with E-state index in [4.69, 9.17) is 10.5 Å². The van der Waals surface area contributed by atoms with Gasteiger partial charge in [0, 0.05) is 25.2 Å². The van der Waals surface area contributed by atoms with Crippen LogP contribution in [0.3, 0.4) is 0 Å². The number of rotatable bonds is 8. The van der Waals surface area contributed by atoms with E-state index in [2.05, 4.69) is 43.8 Å². The number of aromatic nitrogens is 2. The molecular formula is C18H22ClN5O3. The molecule has 0 aliphatic heterocycles. The summed E-state index contributed by atoms with van der Waals surface area (Å²) in [5.41, 5.74) is 6.58. The first-order chi connectivity index (χ1) is 12.7. The number of halogens is 1. The maximum atomic E-state index is 11.9. The molecular weight excluding hydrogens is 370 g/mol. The summed E-state index contributed by atoms with van der Waals surface area (Å²) in [5, 5.41) is 15.2. The minimum Gasteiger partial charge on any atom is -0.494 e. The molecule has 3 aromatic rings. The van der Waals surface area contributed by atoms with Crippen LogP contribution >= 0.6 is 12.4 Å². The second kappa shape index (κ2) is 9.75. The molecule has 0 radical (unpaired) electrons. The third-order valence-electron chi connectivity index (χ3n) is 3.92. The molecule has 4 N–H and O–H groups in total. The summed E-state index contributed by atoms with van der Waals surface area (Å²) >= 11 is 0. The Hall–Kier alpha value is -2.84. The third kappa shape index (κ3) is 4.87. The van der Waals surface area contributed by atoms with Crippen LogP contribution in [0.4, 0.5) is 5.82 Å². The number of hydrogen-bond donors (Lipinski definition) is 3. The molecule has 0 bridgehead atoms. The Balaban J connectivity index is 0.00000261. The zero-order valence-electron chi connectivity index (χ0n) is 14.9. The number of amides is 1. The number of carbonyl (C=O) groups is 1. The SMILES string of the molecule is CCOc1ccc2ccccc2c1CNCCNC(=O)c1nonc1N.Cl. The lowest BCUT2D eigenvalue weighted by atomic mass is 10.0. The lowest BCUT2D eigenvalue weighted by molar-refractivity contribution is 0.0944. The zero-order chi connectivity index (χ0) is 18.4. The van der Waals surface area contributed by atoms with E-state index in [1.165, 1.54) is 0 Å². The Bertz CT molecular complexity index is 900. The number of nitrogens with one attached hydrogen (secondary N) is 2. The van der Waals surface area contributed by atoms with E-state index in [0.717, 1.165) is 22.1 Å². The number of nitrogen functional groups attached to an aromatic ring is 1. The second-order valence-corrected chi connectivity index (χ2v) is 5.63. The molecule has 0 saturated heterocycles. The third-order valence-corrected chi connectivity index (χ3v) is 3.92. The van der Waals surface area contributed by atoms with Gasteiger partial charge in [-0.2, -0.15) is 0 Å². The average Bonchev–Trinajstić information content (AvgIpc) is 3.08. The van der Waals surface area contributed by atoms with Gasteiger partial charge in [-0.3, -0.25) is 4.79 Å². The second-order valence-electron chi connectivity index (χ2n) is 5.63. The van der Waals surface area contributed by atoms with Crippen molar-refractivity contribution in [1.82, 2.24) is 20.9 Å². The van der Waals surface area contributed by atoms with Gasteiger partial charge in [0.15, 0.2) is 0 Å². The average molecular weight is 392 g/mol. The molecule has 27 heavy (non-hydrogen) atoms. The van der Waals surface area contributed by atoms with Gasteiger partial charge in [-0.25, -0.2) is 4.63 Å². The number of fused-ring (bicyclic) bond motifs is 1. The van der Waals surface area contributed by atoms with Crippen LogP contribution in [0.1, 0.15) is 23.0 Å². The van der Waals surface area contributed by atoms with Crippen LogP contribution in [0.25, 0.3) is 10.8 Å². The molecule has 0 atom stereocenters. The van der Waals surface area contributed by atoms with Crippen LogP contribution in [0.5, 0.6) is 5.75 Å². The topological polar surface area (TPSA) is 115 Å². The summed E-state index contributed by atoms with van der Waals surface area (Å²) in [6, 6.07) is 12.2. The van der Waals surface area contributed by atoms with Gasteiger partial charge in [-0.05, 0) is 34.1 Å². The first-order valence-corrected chi connectivity index (χ1v) is 8.41. The number of carbonyl (C=O) groups excluding carboxylic acids is 1. The first kappa shape index (κ1) is 20.5. The van der Waals surface area contributed by atoms with Gasteiger partial charge in [-0.1, -0.05) is 30.3 Å². The molecule has 1 amide bonds. The highest BCUT2D eigenvalue weighted by Gasteiger charge is 2.15. The van der Waals surface area contributed by atoms with Gasteiger partial charge in [0.1, 0.15) is 5.75 Å². The predicted molar refractivity (Wildman–Crippen MR) is 105 cm³/mol. The molecule has 0 spiro atoms. The summed E-state index contributed by atoms with van der Waals surface area (Å²) in [7, 11) is 0. The lowest BCUT2D eigenvalue weighted by Crippen LogP contribution is -2.32. The van der Waals surface area contributed by atoms with E-state index in [-0.39, 0.29) is 23.9 Å². The lowest BCUT2D eigenvalue weighted by Gasteiger charge is -2.14. The number of hydrogen-bond acceptors (Lipinski definition) is 7. The molecule has 0 aliphatic rings. The highest BCUT2D eigenvalue weighted by atomic mass is 35.5. The normalized spacial score (nSPS) is 10.4. The van der Waals surface area contributed by atoms with E-state index < -0.39 is 5.91 Å². The predicted octanol–water partition coefficient (Wildman–Crippen LogP) is 2.15. The summed E-state index contributed by atoms with van der Waals surface area (Å²) in [5.74, 6) is 0.433. The Kier molecular flexibility index (Phi) is 7.39. The summed E-state index contributed by atoms with van der Waals surface area (Å²) in [6.07, 6.45) is 0. The number of anilines is 1. The molecule has 8 nitrogen and oxygen atoms in total. The van der Waals surface area contributed by atoms with Gasteiger partial charge in [0.05, 0.1) is 6.61 Å². The van der Waals surface area contributed by atoms with Gasteiger partial charge >= 0.3 is 0 Å². The van der Waals surface area contributed by atoms with Crippen LogP contribution < -0.4 is 21.1 Å². The molecule has 3 rings (SSSR count). The van der Waals surface area contributed by atoms with E-state index in [0.29, 0.717) is 26.2 Å². The van der Waals surface area contributed by atoms with Gasteiger partial charge in [0.2, 0.25) is 11.5 Å². The number of benzene rings is 2. The molecule has 9 heteroatoms. The van der Waals surface area contributed by atoms with E-state index >= 15 is 0 Å². The molecule has 1 heterocycles. The molecule has 0 saturated carbocycles.